The molecule has 0 bridgehead atoms. The molecule has 0 radical (unpaired) electrons. The van der Waals surface area contributed by atoms with Crippen LogP contribution in [0.2, 0.25) is 0 Å². The first-order chi connectivity index (χ1) is 6.99. The van der Waals surface area contributed by atoms with E-state index >= 15 is 0 Å². The van der Waals surface area contributed by atoms with Crippen molar-refractivity contribution < 1.29 is 19.8 Å². The van der Waals surface area contributed by atoms with Gasteiger partial charge >= 0.3 is 5.97 Å². The summed E-state index contributed by atoms with van der Waals surface area (Å²) >= 11 is 0. The number of hydrogen-bond acceptors (Lipinski definition) is 4. The Morgan fingerprint density at radius 2 is 2.00 bits per heavy atom. The number of aliphatic hydroxyl groups is 1. The lowest BCUT2D eigenvalue weighted by molar-refractivity contribution is -0.143. The minimum atomic E-state index is -1.19. The van der Waals surface area contributed by atoms with Gasteiger partial charge in [0.05, 0.1) is 0 Å². The van der Waals surface area contributed by atoms with Gasteiger partial charge in [-0.1, -0.05) is 0 Å². The van der Waals surface area contributed by atoms with Crippen molar-refractivity contribution in [1.29, 1.82) is 0 Å². The zero-order valence-corrected chi connectivity index (χ0v) is 8.77. The van der Waals surface area contributed by atoms with Crippen molar-refractivity contribution in [3.8, 4) is 0 Å². The van der Waals surface area contributed by atoms with Crippen LogP contribution in [0.4, 0.5) is 0 Å². The number of unbranched alkanes of at least 4 members (excludes halogenated alkanes) is 1. The van der Waals surface area contributed by atoms with Crippen LogP contribution in [0.25, 0.3) is 0 Å². The lowest BCUT2D eigenvalue weighted by atomic mass is 10.1. The number of carbonyl (C=O) groups is 2. The van der Waals surface area contributed by atoms with Crippen LogP contribution in [-0.2, 0) is 9.59 Å². The Morgan fingerprint density at radius 3 is 2.40 bits per heavy atom. The highest BCUT2D eigenvalue weighted by Gasteiger charge is 2.21. The highest BCUT2D eigenvalue weighted by atomic mass is 16.4. The second-order valence-electron chi connectivity index (χ2n) is 3.36. The van der Waals surface area contributed by atoms with E-state index < -0.39 is 24.0 Å². The summed E-state index contributed by atoms with van der Waals surface area (Å²) in [7, 11) is 0. The van der Waals surface area contributed by atoms with Gasteiger partial charge in [0.1, 0.15) is 12.1 Å². The molecule has 0 aromatic heterocycles. The molecule has 2 atom stereocenters. The molecule has 15 heavy (non-hydrogen) atoms. The van der Waals surface area contributed by atoms with Gasteiger partial charge in [-0.25, -0.2) is 4.79 Å². The third-order valence-electron chi connectivity index (χ3n) is 1.94. The van der Waals surface area contributed by atoms with Crippen LogP contribution in [0.15, 0.2) is 0 Å². The maximum atomic E-state index is 11.0. The molecule has 0 spiro atoms. The maximum Gasteiger partial charge on any atom is 0.326 e. The van der Waals surface area contributed by atoms with Crippen molar-refractivity contribution in [2.75, 3.05) is 6.54 Å². The molecule has 0 fully saturated rings. The first-order valence-corrected chi connectivity index (χ1v) is 4.90. The standard InChI is InChI=1S/C9H18N2O4/c1-6(12)8(13)11-7(9(14)15)4-2-3-5-10/h6-7,12H,2-5,10H2,1H3,(H,11,13)(H,14,15)/t6?,7-/m0/s1. The van der Waals surface area contributed by atoms with Crippen LogP contribution in [0.5, 0.6) is 0 Å². The van der Waals surface area contributed by atoms with Crippen LogP contribution in [0, 0.1) is 0 Å². The van der Waals surface area contributed by atoms with Crippen molar-refractivity contribution in [2.24, 2.45) is 5.73 Å². The van der Waals surface area contributed by atoms with Gasteiger partial charge in [0.2, 0.25) is 5.91 Å². The summed E-state index contributed by atoms with van der Waals surface area (Å²) in [4.78, 5) is 21.8. The molecule has 5 N–H and O–H groups in total. The normalized spacial score (nSPS) is 14.3. The van der Waals surface area contributed by atoms with Gasteiger partial charge in [0.15, 0.2) is 0 Å². The molecule has 1 unspecified atom stereocenters. The van der Waals surface area contributed by atoms with Gasteiger partial charge in [-0.05, 0) is 32.7 Å². The van der Waals surface area contributed by atoms with Gasteiger partial charge < -0.3 is 21.3 Å². The monoisotopic (exact) mass is 218 g/mol. The summed E-state index contributed by atoms with van der Waals surface area (Å²) in [5.74, 6) is -1.77. The van der Waals surface area contributed by atoms with Gasteiger partial charge in [0, 0.05) is 0 Å². The number of carbonyl (C=O) groups excluding carboxylic acids is 1. The highest BCUT2D eigenvalue weighted by molar-refractivity contribution is 5.85. The molecule has 6 heteroatoms. The number of hydrogen-bond donors (Lipinski definition) is 4. The van der Waals surface area contributed by atoms with Crippen molar-refractivity contribution in [3.05, 3.63) is 0 Å². The summed E-state index contributed by atoms with van der Waals surface area (Å²) in [6.45, 7) is 1.78. The average molecular weight is 218 g/mol. The number of rotatable bonds is 7. The van der Waals surface area contributed by atoms with Crippen LogP contribution in [-0.4, -0.2) is 40.8 Å². The molecular formula is C9H18N2O4. The van der Waals surface area contributed by atoms with Gasteiger partial charge in [-0.15, -0.1) is 0 Å². The van der Waals surface area contributed by atoms with Crippen molar-refractivity contribution >= 4 is 11.9 Å². The fraction of sp³-hybridized carbons (Fsp3) is 0.778. The fourth-order valence-electron chi connectivity index (χ4n) is 1.04. The number of nitrogens with one attached hydrogen (secondary N) is 1. The number of amides is 1. The number of carboxylic acids is 1. The molecule has 0 saturated carbocycles. The molecule has 0 aromatic carbocycles. The van der Waals surface area contributed by atoms with Crippen LogP contribution >= 0.6 is 0 Å². The molecule has 0 aromatic rings. The van der Waals surface area contributed by atoms with Crippen molar-refractivity contribution in [3.63, 3.8) is 0 Å². The molecule has 0 aliphatic rings. The summed E-state index contributed by atoms with van der Waals surface area (Å²) < 4.78 is 0. The van der Waals surface area contributed by atoms with E-state index in [9.17, 15) is 9.59 Å². The Bertz CT molecular complexity index is 218. The summed E-state index contributed by atoms with van der Waals surface area (Å²) in [6.07, 6.45) is 0.480. The van der Waals surface area contributed by atoms with Crippen molar-refractivity contribution in [1.82, 2.24) is 5.32 Å². The van der Waals surface area contributed by atoms with Crippen LogP contribution < -0.4 is 11.1 Å². The van der Waals surface area contributed by atoms with E-state index in [1.54, 1.807) is 0 Å². The number of aliphatic carboxylic acids is 1. The largest absolute Gasteiger partial charge is 0.480 e. The zero-order valence-electron chi connectivity index (χ0n) is 8.77. The van der Waals surface area contributed by atoms with E-state index in [0.717, 1.165) is 0 Å². The lowest BCUT2D eigenvalue weighted by Gasteiger charge is -2.15. The molecule has 6 nitrogen and oxygen atoms in total. The Balaban J connectivity index is 4.05. The van der Waals surface area contributed by atoms with E-state index in [0.29, 0.717) is 25.8 Å². The minimum absolute atomic E-state index is 0.324. The Hall–Kier alpha value is -1.14. The maximum absolute atomic E-state index is 11.0. The van der Waals surface area contributed by atoms with E-state index in [2.05, 4.69) is 5.32 Å². The molecule has 0 aliphatic carbocycles. The molecule has 0 saturated heterocycles. The minimum Gasteiger partial charge on any atom is -0.480 e. The third-order valence-corrected chi connectivity index (χ3v) is 1.94. The van der Waals surface area contributed by atoms with Crippen LogP contribution in [0.1, 0.15) is 26.2 Å². The number of nitrogens with two attached hydrogens (primary N) is 1. The number of carboxylic acid groups (broad SMARTS) is 1. The Labute approximate surface area is 88.5 Å². The van der Waals surface area contributed by atoms with Gasteiger partial charge in [-0.3, -0.25) is 4.79 Å². The zero-order chi connectivity index (χ0) is 11.8. The van der Waals surface area contributed by atoms with Gasteiger partial charge in [0.25, 0.3) is 0 Å². The first kappa shape index (κ1) is 13.9. The molecule has 88 valence electrons. The van der Waals surface area contributed by atoms with E-state index in [1.807, 2.05) is 0 Å². The topological polar surface area (TPSA) is 113 Å². The molecule has 1 amide bonds. The summed E-state index contributed by atoms with van der Waals surface area (Å²) in [5, 5.41) is 19.9. The highest BCUT2D eigenvalue weighted by Crippen LogP contribution is 2.01. The Morgan fingerprint density at radius 1 is 1.40 bits per heavy atom. The van der Waals surface area contributed by atoms with E-state index in [-0.39, 0.29) is 0 Å². The molecule has 0 aliphatic heterocycles. The lowest BCUT2D eigenvalue weighted by Crippen LogP contribution is -2.44. The smallest absolute Gasteiger partial charge is 0.326 e. The molecular weight excluding hydrogens is 200 g/mol. The van der Waals surface area contributed by atoms with E-state index in [1.165, 1.54) is 6.92 Å². The average Bonchev–Trinajstić information content (AvgIpc) is 2.15. The summed E-state index contributed by atoms with van der Waals surface area (Å²) in [5.41, 5.74) is 5.27. The predicted molar refractivity (Wildman–Crippen MR) is 54.2 cm³/mol. The molecule has 0 rings (SSSR count). The SMILES string of the molecule is CC(O)C(=O)N[C@@H](CCCCN)C(=O)O. The predicted octanol–water partition coefficient (Wildman–Crippen LogP) is -0.934. The molecule has 0 heterocycles. The third kappa shape index (κ3) is 6.03. The fourth-order valence-corrected chi connectivity index (χ4v) is 1.04. The van der Waals surface area contributed by atoms with Crippen molar-refractivity contribution in [2.45, 2.75) is 38.3 Å². The van der Waals surface area contributed by atoms with Crippen LogP contribution in [0.3, 0.4) is 0 Å². The first-order valence-electron chi connectivity index (χ1n) is 4.90. The van der Waals surface area contributed by atoms with E-state index in [4.69, 9.17) is 15.9 Å². The van der Waals surface area contributed by atoms with Gasteiger partial charge in [-0.2, -0.15) is 0 Å². The Kier molecular flexibility index (Phi) is 6.64. The quantitative estimate of drug-likeness (QED) is 0.412. The second-order valence-corrected chi connectivity index (χ2v) is 3.36. The second kappa shape index (κ2) is 7.19. The number of aliphatic hydroxyl groups excluding tert-OH is 1. The summed E-state index contributed by atoms with van der Waals surface area (Å²) in [6, 6.07) is -0.946.